The highest BCUT2D eigenvalue weighted by molar-refractivity contribution is 6.31. The van der Waals surface area contributed by atoms with E-state index in [2.05, 4.69) is 10.3 Å². The topological polar surface area (TPSA) is 64.8 Å². The van der Waals surface area contributed by atoms with Crippen molar-refractivity contribution in [2.24, 2.45) is 0 Å². The predicted molar refractivity (Wildman–Crippen MR) is 83.8 cm³/mol. The first-order valence-electron chi connectivity index (χ1n) is 7.12. The number of rotatable bonds is 2. The molecule has 0 atom stereocenters. The Hall–Kier alpha value is -2.86. The summed E-state index contributed by atoms with van der Waals surface area (Å²) < 4.78 is 14.5. The van der Waals surface area contributed by atoms with Crippen LogP contribution in [0, 0.1) is 5.82 Å². The summed E-state index contributed by atoms with van der Waals surface area (Å²) in [6.45, 7) is 0.114. The lowest BCUT2D eigenvalue weighted by molar-refractivity contribution is 0.0971. The zero-order valence-corrected chi connectivity index (χ0v) is 12.9. The summed E-state index contributed by atoms with van der Waals surface area (Å²) in [6.07, 6.45) is 0. The number of hydrogen-bond acceptors (Lipinski definition) is 4. The fourth-order valence-electron chi connectivity index (χ4n) is 2.75. The summed E-state index contributed by atoms with van der Waals surface area (Å²) in [7, 11) is 0. The average Bonchev–Trinajstić information content (AvgIpc) is 2.99. The van der Waals surface area contributed by atoms with Gasteiger partial charge in [-0.3, -0.25) is 9.59 Å². The molecule has 0 amide bonds. The molecule has 7 heteroatoms. The second-order valence-corrected chi connectivity index (χ2v) is 5.79. The van der Waals surface area contributed by atoms with E-state index in [9.17, 15) is 14.0 Å². The molecule has 1 aliphatic rings. The summed E-state index contributed by atoms with van der Waals surface area (Å²) in [5, 5.41) is 7.99. The molecule has 2 aromatic carbocycles. The molecule has 1 heterocycles. The molecule has 0 saturated carbocycles. The minimum absolute atomic E-state index is 0.0249. The molecular weight excluding hydrogens is 333 g/mol. The van der Waals surface area contributed by atoms with Crippen molar-refractivity contribution in [3.05, 3.63) is 81.4 Å². The normalized spacial score (nSPS) is 12.9. The Bertz CT molecular complexity index is 1010. The monoisotopic (exact) mass is 341 g/mol. The zero-order valence-electron chi connectivity index (χ0n) is 12.2. The molecule has 0 spiro atoms. The highest BCUT2D eigenvalue weighted by atomic mass is 35.5. The van der Waals surface area contributed by atoms with E-state index in [1.807, 2.05) is 0 Å². The third kappa shape index (κ3) is 2.15. The standard InChI is InChI=1S/C17H9ClFN3O2/c18-13-7-10(19)6-5-9(13)8-22-15-14(20-21-22)16(23)11-3-1-2-4-12(11)17(15)24/h1-7H,8H2. The van der Waals surface area contributed by atoms with Gasteiger partial charge in [-0.1, -0.05) is 47.1 Å². The van der Waals surface area contributed by atoms with Crippen LogP contribution in [0.2, 0.25) is 5.02 Å². The molecule has 118 valence electrons. The van der Waals surface area contributed by atoms with E-state index < -0.39 is 5.82 Å². The van der Waals surface area contributed by atoms with Gasteiger partial charge in [-0.15, -0.1) is 5.10 Å². The number of carbonyl (C=O) groups is 2. The van der Waals surface area contributed by atoms with E-state index >= 15 is 0 Å². The highest BCUT2D eigenvalue weighted by Gasteiger charge is 2.34. The van der Waals surface area contributed by atoms with Crippen LogP contribution in [0.1, 0.15) is 37.7 Å². The zero-order chi connectivity index (χ0) is 16.8. The number of fused-ring (bicyclic) bond motifs is 2. The molecule has 0 aliphatic heterocycles. The summed E-state index contributed by atoms with van der Waals surface area (Å²) >= 11 is 6.02. The number of carbonyl (C=O) groups excluding carboxylic acids is 2. The number of aromatic nitrogens is 3. The quantitative estimate of drug-likeness (QED) is 0.562. The van der Waals surface area contributed by atoms with Crippen LogP contribution in [-0.2, 0) is 6.54 Å². The van der Waals surface area contributed by atoms with Crippen LogP contribution < -0.4 is 0 Å². The van der Waals surface area contributed by atoms with E-state index in [1.165, 1.54) is 22.9 Å². The Labute approximate surface area is 140 Å². The van der Waals surface area contributed by atoms with Crippen molar-refractivity contribution in [1.29, 1.82) is 0 Å². The molecule has 24 heavy (non-hydrogen) atoms. The fraction of sp³-hybridized carbons (Fsp3) is 0.0588. The van der Waals surface area contributed by atoms with Gasteiger partial charge < -0.3 is 0 Å². The van der Waals surface area contributed by atoms with Crippen molar-refractivity contribution in [2.75, 3.05) is 0 Å². The maximum atomic E-state index is 13.2. The Kier molecular flexibility index (Phi) is 3.28. The van der Waals surface area contributed by atoms with E-state index in [1.54, 1.807) is 24.3 Å². The van der Waals surface area contributed by atoms with Crippen LogP contribution in [0.25, 0.3) is 0 Å². The van der Waals surface area contributed by atoms with Crippen molar-refractivity contribution < 1.29 is 14.0 Å². The van der Waals surface area contributed by atoms with Gasteiger partial charge in [-0.2, -0.15) is 0 Å². The van der Waals surface area contributed by atoms with Gasteiger partial charge in [0.05, 0.1) is 6.54 Å². The fourth-order valence-corrected chi connectivity index (χ4v) is 2.97. The van der Waals surface area contributed by atoms with E-state index in [0.717, 1.165) is 0 Å². The molecule has 5 nitrogen and oxygen atoms in total. The maximum Gasteiger partial charge on any atom is 0.216 e. The lowest BCUT2D eigenvalue weighted by Crippen LogP contribution is -2.23. The minimum atomic E-state index is -0.454. The molecule has 3 aromatic rings. The molecule has 1 aromatic heterocycles. The molecule has 4 rings (SSSR count). The second-order valence-electron chi connectivity index (χ2n) is 5.38. The minimum Gasteiger partial charge on any atom is -0.287 e. The number of ketones is 2. The summed E-state index contributed by atoms with van der Waals surface area (Å²) in [4.78, 5) is 25.2. The van der Waals surface area contributed by atoms with Gasteiger partial charge in [0.2, 0.25) is 11.6 Å². The van der Waals surface area contributed by atoms with Crippen molar-refractivity contribution in [1.82, 2.24) is 15.0 Å². The number of nitrogens with zero attached hydrogens (tertiary/aromatic N) is 3. The molecule has 0 N–H and O–H groups in total. The van der Waals surface area contributed by atoms with Gasteiger partial charge in [0, 0.05) is 16.1 Å². The Morgan fingerprint density at radius 1 is 1.04 bits per heavy atom. The smallest absolute Gasteiger partial charge is 0.216 e. The molecule has 0 bridgehead atoms. The molecule has 1 aliphatic carbocycles. The van der Waals surface area contributed by atoms with Crippen molar-refractivity contribution in [3.8, 4) is 0 Å². The van der Waals surface area contributed by atoms with Crippen LogP contribution in [0.15, 0.2) is 42.5 Å². The predicted octanol–water partition coefficient (Wildman–Crippen LogP) is 2.89. The van der Waals surface area contributed by atoms with Crippen molar-refractivity contribution in [2.45, 2.75) is 6.54 Å². The maximum absolute atomic E-state index is 13.2. The van der Waals surface area contributed by atoms with Gasteiger partial charge in [0.15, 0.2) is 5.69 Å². The highest BCUT2D eigenvalue weighted by Crippen LogP contribution is 2.27. The molecule has 0 fully saturated rings. The lowest BCUT2D eigenvalue weighted by Gasteiger charge is -2.14. The first-order valence-corrected chi connectivity index (χ1v) is 7.50. The van der Waals surface area contributed by atoms with Crippen LogP contribution in [0.3, 0.4) is 0 Å². The summed E-state index contributed by atoms with van der Waals surface area (Å²) in [6, 6.07) is 10.5. The van der Waals surface area contributed by atoms with Gasteiger partial charge in [-0.05, 0) is 17.7 Å². The first kappa shape index (κ1) is 14.7. The van der Waals surface area contributed by atoms with E-state index in [0.29, 0.717) is 16.7 Å². The molecule has 0 saturated heterocycles. The Balaban J connectivity index is 1.80. The summed E-state index contributed by atoms with van der Waals surface area (Å²) in [5.74, 6) is -1.11. The third-order valence-corrected chi connectivity index (χ3v) is 4.27. The summed E-state index contributed by atoms with van der Waals surface area (Å²) in [5.41, 5.74) is 1.37. The van der Waals surface area contributed by atoms with Crippen LogP contribution in [0.4, 0.5) is 4.39 Å². The van der Waals surface area contributed by atoms with Gasteiger partial charge >= 0.3 is 0 Å². The molecular formula is C17H9ClFN3O2. The molecule has 0 unspecified atom stereocenters. The SMILES string of the molecule is O=C1c2ccccc2C(=O)c2c1nnn2Cc1ccc(F)cc1Cl. The Morgan fingerprint density at radius 3 is 2.46 bits per heavy atom. The third-order valence-electron chi connectivity index (χ3n) is 3.92. The lowest BCUT2D eigenvalue weighted by atomic mass is 9.90. The van der Waals surface area contributed by atoms with Crippen LogP contribution in [0.5, 0.6) is 0 Å². The number of hydrogen-bond donors (Lipinski definition) is 0. The largest absolute Gasteiger partial charge is 0.287 e. The second kappa shape index (κ2) is 5.35. The van der Waals surface area contributed by atoms with Crippen LogP contribution in [-0.4, -0.2) is 26.6 Å². The van der Waals surface area contributed by atoms with Gasteiger partial charge in [-0.25, -0.2) is 9.07 Å². The number of halogens is 2. The van der Waals surface area contributed by atoms with Gasteiger partial charge in [0.1, 0.15) is 11.5 Å². The van der Waals surface area contributed by atoms with Gasteiger partial charge in [0.25, 0.3) is 0 Å². The van der Waals surface area contributed by atoms with E-state index in [4.69, 9.17) is 11.6 Å². The average molecular weight is 342 g/mol. The molecule has 0 radical (unpaired) electrons. The number of benzene rings is 2. The van der Waals surface area contributed by atoms with Crippen LogP contribution >= 0.6 is 11.6 Å². The Morgan fingerprint density at radius 2 is 1.75 bits per heavy atom. The van der Waals surface area contributed by atoms with E-state index in [-0.39, 0.29) is 34.5 Å². The van der Waals surface area contributed by atoms with Crippen molar-refractivity contribution in [3.63, 3.8) is 0 Å². The first-order chi connectivity index (χ1) is 11.6. The van der Waals surface area contributed by atoms with Crippen molar-refractivity contribution >= 4 is 23.2 Å².